The van der Waals surface area contributed by atoms with Crippen LogP contribution >= 0.6 is 21.8 Å². The van der Waals surface area contributed by atoms with Crippen LogP contribution in [0.4, 0.5) is 25.1 Å². The van der Waals surface area contributed by atoms with Gasteiger partial charge in [-0.15, -0.1) is 11.6 Å². The molecule has 0 N–H and O–H groups in total. The summed E-state index contributed by atoms with van der Waals surface area (Å²) in [5.74, 6) is -1.29. The van der Waals surface area contributed by atoms with E-state index in [1.807, 2.05) is 0 Å². The summed E-state index contributed by atoms with van der Waals surface area (Å²) in [6.07, 6.45) is 0. The first kappa shape index (κ1) is 18.4. The quantitative estimate of drug-likeness (QED) is 0.238. The van der Waals surface area contributed by atoms with Crippen LogP contribution in [0.15, 0.2) is 23.1 Å². The normalized spacial score (nSPS) is 16.3. The molecule has 0 radical (unpaired) electrons. The highest BCUT2D eigenvalue weighted by Gasteiger charge is 2.65. The summed E-state index contributed by atoms with van der Waals surface area (Å²) in [7, 11) is -10.1. The number of rotatable bonds is 5. The average molecular weight is 370 g/mol. The lowest BCUT2D eigenvalue weighted by Gasteiger charge is -2.40. The zero-order valence-electron chi connectivity index (χ0n) is 10.8. The Bertz CT molecular complexity index is 636. The summed E-state index contributed by atoms with van der Waals surface area (Å²) < 4.78 is 68.1. The summed E-state index contributed by atoms with van der Waals surface area (Å²) in [5, 5.41) is 8.74. The minimum absolute atomic E-state index is 0.127. The number of nitrogens with zero attached hydrogens (tertiary/aromatic N) is 1. The predicted octanol–water partition coefficient (Wildman–Crippen LogP) is 5.10. The lowest BCUT2D eigenvalue weighted by atomic mass is 10.1. The molecule has 0 saturated heterocycles. The lowest BCUT2D eigenvalue weighted by molar-refractivity contribution is -0.385. The van der Waals surface area contributed by atoms with Crippen LogP contribution in [0, 0.1) is 10.1 Å². The molecule has 12 heteroatoms. The molecule has 0 aromatic heterocycles. The van der Waals surface area contributed by atoms with Gasteiger partial charge in [0.05, 0.1) is 17.1 Å². The van der Waals surface area contributed by atoms with Crippen LogP contribution in [0.5, 0.6) is 0 Å². The van der Waals surface area contributed by atoms with Crippen LogP contribution < -0.4 is 0 Å². The fraction of sp³-hybridized carbons (Fsp3) is 0.300. The Morgan fingerprint density at radius 1 is 1.36 bits per heavy atom. The number of carbonyl (C=O) groups is 1. The third-order valence-electron chi connectivity index (χ3n) is 2.41. The third-order valence-corrected chi connectivity index (χ3v) is 3.97. The van der Waals surface area contributed by atoms with E-state index in [4.69, 9.17) is 11.6 Å². The Labute approximate surface area is 125 Å². The van der Waals surface area contributed by atoms with E-state index in [0.29, 0.717) is 0 Å². The number of halogens is 6. The average Bonchev–Trinajstić information content (AvgIpc) is 2.34. The van der Waals surface area contributed by atoms with E-state index in [2.05, 4.69) is 4.74 Å². The van der Waals surface area contributed by atoms with Crippen molar-refractivity contribution in [1.82, 2.24) is 0 Å². The van der Waals surface area contributed by atoms with E-state index in [1.54, 1.807) is 0 Å². The van der Waals surface area contributed by atoms with Gasteiger partial charge in [-0.2, -0.15) is 0 Å². The molecule has 22 heavy (non-hydrogen) atoms. The summed E-state index contributed by atoms with van der Waals surface area (Å²) in [6.45, 7) is 1.16. The number of benzene rings is 1. The molecule has 1 aromatic carbocycles. The molecule has 1 atom stereocenters. The van der Waals surface area contributed by atoms with Gasteiger partial charge in [-0.25, -0.2) is 0 Å². The van der Waals surface area contributed by atoms with Crippen LogP contribution in [0.3, 0.4) is 0 Å². The Morgan fingerprint density at radius 2 is 1.91 bits per heavy atom. The Hall–Kier alpha value is -1.62. The number of nitro benzene ring substituents is 1. The molecule has 0 saturated carbocycles. The predicted molar refractivity (Wildman–Crippen MR) is 69.7 cm³/mol. The molecule has 1 rings (SSSR count). The van der Waals surface area contributed by atoms with Crippen molar-refractivity contribution in [2.24, 2.45) is 0 Å². The fourth-order valence-electron chi connectivity index (χ4n) is 1.48. The first-order chi connectivity index (χ1) is 9.67. The Balaban J connectivity index is 3.54. The molecule has 126 valence electrons. The zero-order valence-corrected chi connectivity index (χ0v) is 12.3. The van der Waals surface area contributed by atoms with Crippen molar-refractivity contribution in [3.8, 4) is 0 Å². The second-order valence-electron chi connectivity index (χ2n) is 4.06. The van der Waals surface area contributed by atoms with Crippen molar-refractivity contribution in [1.29, 1.82) is 0 Å². The van der Waals surface area contributed by atoms with Gasteiger partial charge in [0.25, 0.3) is 5.69 Å². The molecule has 1 aromatic rings. The second kappa shape index (κ2) is 4.95. The molecule has 0 fully saturated rings. The van der Waals surface area contributed by atoms with Crippen LogP contribution in [-0.4, -0.2) is 17.5 Å². The van der Waals surface area contributed by atoms with Crippen LogP contribution in [0.1, 0.15) is 17.9 Å². The maximum absolute atomic E-state index is 12.7. The highest BCUT2D eigenvalue weighted by Crippen LogP contribution is 3.02. The second-order valence-corrected chi connectivity index (χ2v) is 6.91. The van der Waals surface area contributed by atoms with Gasteiger partial charge in [-0.3, -0.25) is 14.9 Å². The van der Waals surface area contributed by atoms with E-state index in [-0.39, 0.29) is 24.8 Å². The van der Waals surface area contributed by atoms with E-state index in [1.165, 1.54) is 6.92 Å². The topological polar surface area (TPSA) is 69.4 Å². The van der Waals surface area contributed by atoms with Crippen molar-refractivity contribution >= 4 is 33.5 Å². The largest absolute Gasteiger partial charge is 0.465 e. The van der Waals surface area contributed by atoms with Crippen molar-refractivity contribution in [2.45, 2.75) is 17.2 Å². The molecule has 0 heterocycles. The van der Waals surface area contributed by atoms with Gasteiger partial charge < -0.3 is 4.74 Å². The highest BCUT2D eigenvalue weighted by atomic mass is 35.5. The maximum atomic E-state index is 12.7. The lowest BCUT2D eigenvalue weighted by Crippen LogP contribution is -2.14. The van der Waals surface area contributed by atoms with Gasteiger partial charge in [0, 0.05) is 6.07 Å². The number of nitro groups is 1. The van der Waals surface area contributed by atoms with Gasteiger partial charge in [0.2, 0.25) is 0 Å². The van der Waals surface area contributed by atoms with Gasteiger partial charge in [-0.1, -0.05) is 19.4 Å². The molecule has 0 bridgehead atoms. The number of esters is 1. The monoisotopic (exact) mass is 369 g/mol. The molecule has 0 aliphatic heterocycles. The van der Waals surface area contributed by atoms with E-state index in [0.717, 1.165) is 0 Å². The maximum Gasteiger partial charge on any atom is 0.328 e. The molecule has 0 amide bonds. The van der Waals surface area contributed by atoms with E-state index in [9.17, 15) is 34.3 Å². The Kier molecular flexibility index (Phi) is 4.14. The van der Waals surface area contributed by atoms with Crippen molar-refractivity contribution in [2.75, 3.05) is 6.61 Å². The molecule has 5 nitrogen and oxygen atoms in total. The summed E-state index contributed by atoms with van der Waals surface area (Å²) in [4.78, 5) is 18.6. The minimum atomic E-state index is -10.1. The zero-order chi connectivity index (χ0) is 17.4. The Morgan fingerprint density at radius 3 is 2.32 bits per heavy atom. The van der Waals surface area contributed by atoms with Crippen LogP contribution in [0.25, 0.3) is 0 Å². The van der Waals surface area contributed by atoms with Crippen LogP contribution in [0.2, 0.25) is 0 Å². The number of carbonyl (C=O) groups excluding carboxylic acids is 1. The third kappa shape index (κ3) is 4.19. The summed E-state index contributed by atoms with van der Waals surface area (Å²) >= 11 is 5.52. The van der Waals surface area contributed by atoms with Crippen molar-refractivity contribution in [3.05, 3.63) is 33.9 Å². The fourth-order valence-corrected chi connectivity index (χ4v) is 2.40. The van der Waals surface area contributed by atoms with E-state index < -0.39 is 42.6 Å². The number of alkyl halides is 1. The van der Waals surface area contributed by atoms with Crippen molar-refractivity contribution < 1.29 is 33.9 Å². The SMILES string of the molecule is CCOC(=O)[C@H](Cl)c1cc(S(F)(F)(F)(F)F)ccc1[N+](=O)[O-]. The number of ether oxygens (including phenoxy) is 1. The van der Waals surface area contributed by atoms with Crippen molar-refractivity contribution in [3.63, 3.8) is 0 Å². The molecule has 0 aliphatic rings. The van der Waals surface area contributed by atoms with Gasteiger partial charge >= 0.3 is 16.2 Å². The molecule has 0 aliphatic carbocycles. The first-order valence-electron chi connectivity index (χ1n) is 5.50. The first-order valence-corrected chi connectivity index (χ1v) is 7.89. The summed E-state index contributed by atoms with van der Waals surface area (Å²) in [6, 6.07) is -0.108. The molecular formula is C10H9ClF5NO4S. The molecular weight excluding hydrogens is 361 g/mol. The molecule has 0 spiro atoms. The molecule has 0 unspecified atom stereocenters. The van der Waals surface area contributed by atoms with Gasteiger partial charge in [-0.05, 0) is 19.1 Å². The van der Waals surface area contributed by atoms with Gasteiger partial charge in [0.15, 0.2) is 5.38 Å². The van der Waals surface area contributed by atoms with Gasteiger partial charge in [0.1, 0.15) is 4.90 Å². The minimum Gasteiger partial charge on any atom is -0.465 e. The highest BCUT2D eigenvalue weighted by molar-refractivity contribution is 8.45. The standard InChI is InChI=1S/C10H9ClF5NO4S/c1-2-21-10(18)9(11)7-5-6(22(12,13,14,15)16)3-4-8(7)17(19)20/h3-5,9H,2H2,1H3/t9-/m1/s1. The van der Waals surface area contributed by atoms with E-state index >= 15 is 0 Å². The smallest absolute Gasteiger partial charge is 0.328 e. The summed E-state index contributed by atoms with van der Waals surface area (Å²) in [5.41, 5.74) is -2.02. The number of hydrogen-bond acceptors (Lipinski definition) is 4. The van der Waals surface area contributed by atoms with Crippen LogP contribution in [-0.2, 0) is 9.53 Å². The number of hydrogen-bond donors (Lipinski definition) is 0.